The maximum atomic E-state index is 6.16. The Labute approximate surface area is 186 Å². The average Bonchev–Trinajstić information content (AvgIpc) is 2.70. The van der Waals surface area contributed by atoms with Crippen molar-refractivity contribution in [3.05, 3.63) is 0 Å². The number of ether oxygens (including phenoxy) is 5. The normalized spacial score (nSPS) is 18.9. The standard InChI is InChI=1S/C25H50O5/c1-6-11-12-13-14-15-16-22(25(28-8-3,29-9-4)30-10-5)17-18-23(7-2)27-21-24-19-20-26-24/h22-24H,6-21H2,1-5H3. The fraction of sp³-hybridized carbons (Fsp3) is 1.00. The Morgan fingerprint density at radius 1 is 0.800 bits per heavy atom. The van der Waals surface area contributed by atoms with E-state index in [0.29, 0.717) is 32.5 Å². The van der Waals surface area contributed by atoms with Gasteiger partial charge >= 0.3 is 0 Å². The lowest BCUT2D eigenvalue weighted by atomic mass is 9.91. The summed E-state index contributed by atoms with van der Waals surface area (Å²) < 4.78 is 30.1. The third-order valence-corrected chi connectivity index (χ3v) is 6.05. The molecule has 3 atom stereocenters. The quantitative estimate of drug-likeness (QED) is 0.154. The van der Waals surface area contributed by atoms with Crippen molar-refractivity contribution in [3.8, 4) is 0 Å². The summed E-state index contributed by atoms with van der Waals surface area (Å²) >= 11 is 0. The van der Waals surface area contributed by atoms with Gasteiger partial charge in [-0.2, -0.15) is 0 Å². The van der Waals surface area contributed by atoms with Crippen molar-refractivity contribution in [2.75, 3.05) is 33.0 Å². The van der Waals surface area contributed by atoms with Gasteiger partial charge in [-0.15, -0.1) is 0 Å². The van der Waals surface area contributed by atoms with Crippen LogP contribution in [0.4, 0.5) is 0 Å². The summed E-state index contributed by atoms with van der Waals surface area (Å²) in [5.41, 5.74) is 0. The lowest BCUT2D eigenvalue weighted by Gasteiger charge is -2.39. The Morgan fingerprint density at radius 3 is 1.90 bits per heavy atom. The van der Waals surface area contributed by atoms with Crippen LogP contribution >= 0.6 is 0 Å². The molecule has 1 aliphatic rings. The summed E-state index contributed by atoms with van der Waals surface area (Å²) in [5, 5.41) is 0. The molecule has 5 heteroatoms. The first kappa shape index (κ1) is 27.8. The molecule has 0 N–H and O–H groups in total. The molecule has 1 aliphatic heterocycles. The molecule has 1 rings (SSSR count). The van der Waals surface area contributed by atoms with Gasteiger partial charge in [0.2, 0.25) is 0 Å². The molecule has 0 bridgehead atoms. The SMILES string of the molecule is CCCCCCCCC(CCC(CC)OCC1CCO1)C(OCC)(OCC)OCC. The molecule has 180 valence electrons. The number of hydrogen-bond acceptors (Lipinski definition) is 5. The Kier molecular flexibility index (Phi) is 16.1. The fourth-order valence-electron chi connectivity index (χ4n) is 4.20. The van der Waals surface area contributed by atoms with E-state index in [1.165, 1.54) is 38.5 Å². The zero-order valence-electron chi connectivity index (χ0n) is 20.6. The van der Waals surface area contributed by atoms with Gasteiger partial charge in [-0.1, -0.05) is 52.4 Å². The second-order valence-electron chi connectivity index (χ2n) is 8.38. The topological polar surface area (TPSA) is 46.2 Å². The largest absolute Gasteiger partial charge is 0.376 e. The van der Waals surface area contributed by atoms with Crippen molar-refractivity contribution < 1.29 is 23.7 Å². The van der Waals surface area contributed by atoms with Gasteiger partial charge in [-0.25, -0.2) is 0 Å². The number of unbranched alkanes of at least 4 members (excludes halogenated alkanes) is 5. The van der Waals surface area contributed by atoms with Crippen LogP contribution in [0.25, 0.3) is 0 Å². The number of hydrogen-bond donors (Lipinski definition) is 0. The summed E-state index contributed by atoms with van der Waals surface area (Å²) in [6.45, 7) is 13.9. The summed E-state index contributed by atoms with van der Waals surface area (Å²) in [7, 11) is 0. The highest BCUT2D eigenvalue weighted by molar-refractivity contribution is 4.75. The smallest absolute Gasteiger partial charge is 0.285 e. The van der Waals surface area contributed by atoms with Gasteiger partial charge in [0.25, 0.3) is 5.97 Å². The van der Waals surface area contributed by atoms with Crippen molar-refractivity contribution in [1.29, 1.82) is 0 Å². The Hall–Kier alpha value is -0.200. The van der Waals surface area contributed by atoms with Crippen LogP contribution < -0.4 is 0 Å². The van der Waals surface area contributed by atoms with Crippen LogP contribution in [0, 0.1) is 5.92 Å². The number of rotatable bonds is 21. The van der Waals surface area contributed by atoms with Crippen LogP contribution in [0.1, 0.15) is 105 Å². The lowest BCUT2D eigenvalue weighted by molar-refractivity contribution is -0.403. The predicted octanol–water partition coefficient (Wildman–Crippen LogP) is 6.48. The molecule has 0 spiro atoms. The van der Waals surface area contributed by atoms with E-state index in [1.54, 1.807) is 0 Å². The van der Waals surface area contributed by atoms with E-state index >= 15 is 0 Å². The molecular weight excluding hydrogens is 380 g/mol. The monoisotopic (exact) mass is 430 g/mol. The van der Waals surface area contributed by atoms with Gasteiger partial charge in [0.05, 0.1) is 18.8 Å². The fourth-order valence-corrected chi connectivity index (χ4v) is 4.20. The molecular formula is C25H50O5. The van der Waals surface area contributed by atoms with E-state index in [2.05, 4.69) is 13.8 Å². The van der Waals surface area contributed by atoms with Gasteiger partial charge in [-0.3, -0.25) is 0 Å². The zero-order chi connectivity index (χ0) is 22.1. The third kappa shape index (κ3) is 10.4. The average molecular weight is 431 g/mol. The van der Waals surface area contributed by atoms with Crippen LogP contribution in [-0.4, -0.2) is 51.2 Å². The summed E-state index contributed by atoms with van der Waals surface area (Å²) in [5.74, 6) is -0.724. The third-order valence-electron chi connectivity index (χ3n) is 6.05. The van der Waals surface area contributed by atoms with E-state index in [1.807, 2.05) is 20.8 Å². The molecule has 0 saturated carbocycles. The minimum absolute atomic E-state index is 0.209. The summed E-state index contributed by atoms with van der Waals surface area (Å²) in [6.07, 6.45) is 13.5. The van der Waals surface area contributed by atoms with E-state index < -0.39 is 5.97 Å². The molecule has 0 aromatic heterocycles. The first-order chi connectivity index (χ1) is 14.7. The first-order valence-electron chi connectivity index (χ1n) is 12.8. The van der Waals surface area contributed by atoms with Crippen LogP contribution in [0.2, 0.25) is 0 Å². The molecule has 0 aliphatic carbocycles. The lowest BCUT2D eigenvalue weighted by Crippen LogP contribution is -2.47. The molecule has 0 aromatic carbocycles. The van der Waals surface area contributed by atoms with E-state index in [9.17, 15) is 0 Å². The molecule has 0 amide bonds. The highest BCUT2D eigenvalue weighted by Crippen LogP contribution is 2.35. The maximum Gasteiger partial charge on any atom is 0.285 e. The van der Waals surface area contributed by atoms with Gasteiger partial charge in [0, 0.05) is 32.3 Å². The van der Waals surface area contributed by atoms with Crippen molar-refractivity contribution in [2.45, 2.75) is 123 Å². The van der Waals surface area contributed by atoms with Gasteiger partial charge in [0.1, 0.15) is 0 Å². The van der Waals surface area contributed by atoms with E-state index in [0.717, 1.165) is 38.7 Å². The molecule has 1 saturated heterocycles. The van der Waals surface area contributed by atoms with E-state index in [-0.39, 0.29) is 12.0 Å². The van der Waals surface area contributed by atoms with Gasteiger partial charge < -0.3 is 23.7 Å². The van der Waals surface area contributed by atoms with Crippen molar-refractivity contribution in [3.63, 3.8) is 0 Å². The van der Waals surface area contributed by atoms with Crippen LogP contribution in [0.3, 0.4) is 0 Å². The van der Waals surface area contributed by atoms with Crippen LogP contribution in [0.15, 0.2) is 0 Å². The second kappa shape index (κ2) is 17.4. The molecule has 5 nitrogen and oxygen atoms in total. The Bertz CT molecular complexity index is 369. The highest BCUT2D eigenvalue weighted by Gasteiger charge is 2.41. The molecule has 30 heavy (non-hydrogen) atoms. The molecule has 0 aromatic rings. The Morgan fingerprint density at radius 2 is 1.40 bits per heavy atom. The minimum atomic E-state index is -0.933. The maximum absolute atomic E-state index is 6.16. The Balaban J connectivity index is 2.69. The second-order valence-corrected chi connectivity index (χ2v) is 8.38. The highest BCUT2D eigenvalue weighted by atomic mass is 16.9. The van der Waals surface area contributed by atoms with Crippen molar-refractivity contribution in [1.82, 2.24) is 0 Å². The van der Waals surface area contributed by atoms with E-state index in [4.69, 9.17) is 23.7 Å². The molecule has 1 fully saturated rings. The van der Waals surface area contributed by atoms with Crippen molar-refractivity contribution in [2.24, 2.45) is 5.92 Å². The van der Waals surface area contributed by atoms with Gasteiger partial charge in [-0.05, 0) is 52.9 Å². The molecule has 0 radical (unpaired) electrons. The predicted molar refractivity (Wildman–Crippen MR) is 123 cm³/mol. The van der Waals surface area contributed by atoms with Crippen molar-refractivity contribution >= 4 is 0 Å². The summed E-state index contributed by atoms with van der Waals surface area (Å²) in [4.78, 5) is 0. The van der Waals surface area contributed by atoms with Crippen LogP contribution in [-0.2, 0) is 23.7 Å². The van der Waals surface area contributed by atoms with Crippen LogP contribution in [0.5, 0.6) is 0 Å². The molecule has 3 unspecified atom stereocenters. The van der Waals surface area contributed by atoms with Gasteiger partial charge in [0.15, 0.2) is 0 Å². The zero-order valence-corrected chi connectivity index (χ0v) is 20.6. The molecule has 1 heterocycles. The first-order valence-corrected chi connectivity index (χ1v) is 12.8. The summed E-state index contributed by atoms with van der Waals surface area (Å²) in [6, 6.07) is 0. The minimum Gasteiger partial charge on any atom is -0.376 e.